The molecule has 1 aromatic heterocycles. The molecular weight excluding hydrogens is 412 g/mol. The number of likely N-dealkylation sites (tertiary alicyclic amines) is 1. The first-order valence-electron chi connectivity index (χ1n) is 11.8. The summed E-state index contributed by atoms with van der Waals surface area (Å²) >= 11 is 0. The molecule has 1 saturated heterocycles. The van der Waals surface area contributed by atoms with Gasteiger partial charge in [-0.25, -0.2) is 4.98 Å². The SMILES string of the molecule is O=C(NCCn1ccnc1)C1CC12CCN(C(=O)Cc1ccc(-c3ccccc3)cc1)CC2. The molecule has 6 nitrogen and oxygen atoms in total. The second-order valence-corrected chi connectivity index (χ2v) is 9.33. The zero-order valence-electron chi connectivity index (χ0n) is 18.8. The fourth-order valence-corrected chi connectivity index (χ4v) is 5.05. The van der Waals surface area contributed by atoms with Crippen molar-refractivity contribution < 1.29 is 9.59 Å². The summed E-state index contributed by atoms with van der Waals surface area (Å²) in [6.45, 7) is 2.86. The minimum atomic E-state index is 0.100. The number of amides is 2. The summed E-state index contributed by atoms with van der Waals surface area (Å²) < 4.78 is 1.96. The maximum Gasteiger partial charge on any atom is 0.226 e. The van der Waals surface area contributed by atoms with Crippen molar-refractivity contribution in [2.45, 2.75) is 32.2 Å². The van der Waals surface area contributed by atoms with Gasteiger partial charge >= 0.3 is 0 Å². The van der Waals surface area contributed by atoms with E-state index in [2.05, 4.69) is 46.7 Å². The van der Waals surface area contributed by atoms with Crippen LogP contribution in [0.3, 0.4) is 0 Å². The predicted octanol–water partition coefficient (Wildman–Crippen LogP) is 3.54. The smallest absolute Gasteiger partial charge is 0.226 e. The summed E-state index contributed by atoms with van der Waals surface area (Å²) in [5.41, 5.74) is 3.49. The van der Waals surface area contributed by atoms with Crippen molar-refractivity contribution in [2.24, 2.45) is 11.3 Å². The third-order valence-corrected chi connectivity index (χ3v) is 7.26. The monoisotopic (exact) mass is 442 g/mol. The Balaban J connectivity index is 1.07. The topological polar surface area (TPSA) is 67.2 Å². The quantitative estimate of drug-likeness (QED) is 0.609. The molecule has 5 rings (SSSR count). The van der Waals surface area contributed by atoms with Crippen LogP contribution in [0.15, 0.2) is 73.3 Å². The number of nitrogens with zero attached hydrogens (tertiary/aromatic N) is 3. The first-order valence-corrected chi connectivity index (χ1v) is 11.8. The number of imidazole rings is 1. The van der Waals surface area contributed by atoms with Crippen LogP contribution in [0.5, 0.6) is 0 Å². The number of piperidine rings is 1. The molecule has 1 spiro atoms. The maximum absolute atomic E-state index is 12.9. The highest BCUT2D eigenvalue weighted by Crippen LogP contribution is 2.59. The van der Waals surface area contributed by atoms with Crippen LogP contribution in [0.2, 0.25) is 0 Å². The summed E-state index contributed by atoms with van der Waals surface area (Å²) in [4.78, 5) is 31.4. The first-order chi connectivity index (χ1) is 16.1. The van der Waals surface area contributed by atoms with Crippen molar-refractivity contribution >= 4 is 11.8 Å². The molecule has 1 aliphatic carbocycles. The van der Waals surface area contributed by atoms with Gasteiger partial charge in [-0.2, -0.15) is 0 Å². The minimum absolute atomic E-state index is 0.100. The average Bonchev–Trinajstić information content (AvgIpc) is 3.28. The third-order valence-electron chi connectivity index (χ3n) is 7.26. The van der Waals surface area contributed by atoms with Gasteiger partial charge in [0, 0.05) is 44.5 Å². The lowest BCUT2D eigenvalue weighted by molar-refractivity contribution is -0.132. The molecule has 1 aliphatic heterocycles. The number of carbonyl (C=O) groups is 2. The minimum Gasteiger partial charge on any atom is -0.354 e. The van der Waals surface area contributed by atoms with Gasteiger partial charge in [-0.1, -0.05) is 54.6 Å². The van der Waals surface area contributed by atoms with Crippen LogP contribution in [-0.2, 0) is 22.6 Å². The standard InChI is InChI=1S/C27H30N4O2/c32-25(18-21-6-8-23(9-7-21)22-4-2-1-3-5-22)31-14-10-27(11-15-31)19-24(27)26(33)29-13-17-30-16-12-28-20-30/h1-9,12,16,20,24H,10-11,13-15,17-19H2,(H,29,33). The van der Waals surface area contributed by atoms with E-state index in [9.17, 15) is 9.59 Å². The molecule has 2 aromatic carbocycles. The molecule has 1 N–H and O–H groups in total. The zero-order valence-corrected chi connectivity index (χ0v) is 18.8. The van der Waals surface area contributed by atoms with Crippen molar-refractivity contribution in [1.82, 2.24) is 19.8 Å². The molecule has 2 amide bonds. The molecule has 1 atom stereocenters. The predicted molar refractivity (Wildman–Crippen MR) is 127 cm³/mol. The molecular formula is C27H30N4O2. The molecule has 6 heteroatoms. The van der Waals surface area contributed by atoms with Crippen LogP contribution in [0.1, 0.15) is 24.8 Å². The normalized spacial score (nSPS) is 18.8. The summed E-state index contributed by atoms with van der Waals surface area (Å²) in [6.07, 6.45) is 8.63. The number of rotatable bonds is 7. The molecule has 2 heterocycles. The summed E-state index contributed by atoms with van der Waals surface area (Å²) in [6, 6.07) is 18.5. The second-order valence-electron chi connectivity index (χ2n) is 9.33. The number of hydrogen-bond donors (Lipinski definition) is 1. The van der Waals surface area contributed by atoms with E-state index in [0.29, 0.717) is 13.0 Å². The third kappa shape index (κ3) is 4.85. The van der Waals surface area contributed by atoms with Crippen LogP contribution in [0, 0.1) is 11.3 Å². The highest BCUT2D eigenvalue weighted by Gasteiger charge is 2.58. The van der Waals surface area contributed by atoms with E-state index in [1.807, 2.05) is 33.9 Å². The Bertz CT molecular complexity index is 1080. The average molecular weight is 443 g/mol. The summed E-state index contributed by atoms with van der Waals surface area (Å²) in [7, 11) is 0. The van der Waals surface area contributed by atoms with Crippen LogP contribution in [0.25, 0.3) is 11.1 Å². The van der Waals surface area contributed by atoms with Gasteiger partial charge in [-0.05, 0) is 41.4 Å². The largest absolute Gasteiger partial charge is 0.354 e. The van der Waals surface area contributed by atoms with Crippen molar-refractivity contribution in [3.63, 3.8) is 0 Å². The zero-order chi connectivity index (χ0) is 22.7. The number of benzene rings is 2. The van der Waals surface area contributed by atoms with E-state index in [4.69, 9.17) is 0 Å². The Morgan fingerprint density at radius 1 is 1.00 bits per heavy atom. The fraction of sp³-hybridized carbons (Fsp3) is 0.370. The Morgan fingerprint density at radius 2 is 1.73 bits per heavy atom. The van der Waals surface area contributed by atoms with Crippen molar-refractivity contribution in [1.29, 1.82) is 0 Å². The van der Waals surface area contributed by atoms with E-state index >= 15 is 0 Å². The summed E-state index contributed by atoms with van der Waals surface area (Å²) in [5.74, 6) is 0.441. The van der Waals surface area contributed by atoms with E-state index in [1.165, 1.54) is 5.56 Å². The van der Waals surface area contributed by atoms with Gasteiger partial charge in [-0.3, -0.25) is 9.59 Å². The van der Waals surface area contributed by atoms with Crippen LogP contribution < -0.4 is 5.32 Å². The van der Waals surface area contributed by atoms with E-state index in [-0.39, 0.29) is 23.1 Å². The molecule has 2 fully saturated rings. The second kappa shape index (κ2) is 9.22. The number of hydrogen-bond acceptors (Lipinski definition) is 3. The van der Waals surface area contributed by atoms with Gasteiger partial charge in [0.05, 0.1) is 12.7 Å². The van der Waals surface area contributed by atoms with Crippen molar-refractivity contribution in [2.75, 3.05) is 19.6 Å². The fourth-order valence-electron chi connectivity index (χ4n) is 5.05. The van der Waals surface area contributed by atoms with Gasteiger partial charge in [0.1, 0.15) is 0 Å². The highest BCUT2D eigenvalue weighted by molar-refractivity contribution is 5.83. The van der Waals surface area contributed by atoms with Crippen molar-refractivity contribution in [3.8, 4) is 11.1 Å². The lowest BCUT2D eigenvalue weighted by Crippen LogP contribution is -2.41. The van der Waals surface area contributed by atoms with E-state index in [0.717, 1.165) is 50.0 Å². The molecule has 3 aromatic rings. The van der Waals surface area contributed by atoms with Gasteiger partial charge in [0.25, 0.3) is 0 Å². The lowest BCUT2D eigenvalue weighted by atomic mass is 9.90. The van der Waals surface area contributed by atoms with Gasteiger partial charge in [0.2, 0.25) is 11.8 Å². The van der Waals surface area contributed by atoms with Gasteiger partial charge in [-0.15, -0.1) is 0 Å². The van der Waals surface area contributed by atoms with E-state index < -0.39 is 0 Å². The molecule has 0 bridgehead atoms. The van der Waals surface area contributed by atoms with E-state index in [1.54, 1.807) is 12.5 Å². The molecule has 2 aliphatic rings. The van der Waals surface area contributed by atoms with Crippen molar-refractivity contribution in [3.05, 3.63) is 78.9 Å². The Morgan fingerprint density at radius 3 is 2.42 bits per heavy atom. The summed E-state index contributed by atoms with van der Waals surface area (Å²) in [5, 5.41) is 3.07. The Hall–Kier alpha value is -3.41. The number of nitrogens with one attached hydrogen (secondary N) is 1. The van der Waals surface area contributed by atoms with Gasteiger partial charge in [0.15, 0.2) is 0 Å². The Kier molecular flexibility index (Phi) is 5.99. The van der Waals surface area contributed by atoms with Crippen LogP contribution in [0.4, 0.5) is 0 Å². The highest BCUT2D eigenvalue weighted by atomic mass is 16.2. The number of carbonyl (C=O) groups excluding carboxylic acids is 2. The van der Waals surface area contributed by atoms with Crippen LogP contribution >= 0.6 is 0 Å². The van der Waals surface area contributed by atoms with Gasteiger partial charge < -0.3 is 14.8 Å². The van der Waals surface area contributed by atoms with Crippen LogP contribution in [-0.4, -0.2) is 45.9 Å². The lowest BCUT2D eigenvalue weighted by Gasteiger charge is -2.33. The molecule has 1 saturated carbocycles. The molecule has 170 valence electrons. The Labute approximate surface area is 194 Å². The number of aromatic nitrogens is 2. The first kappa shape index (κ1) is 21.4. The molecule has 1 unspecified atom stereocenters. The molecule has 33 heavy (non-hydrogen) atoms. The maximum atomic E-state index is 12.9. The molecule has 0 radical (unpaired) electrons.